The predicted molar refractivity (Wildman–Crippen MR) is 59.4 cm³/mol. The molecule has 0 spiro atoms. The van der Waals surface area contributed by atoms with Crippen LogP contribution in [0.2, 0.25) is 0 Å². The van der Waals surface area contributed by atoms with Gasteiger partial charge in [0.25, 0.3) is 0 Å². The van der Waals surface area contributed by atoms with Crippen molar-refractivity contribution in [3.05, 3.63) is 30.3 Å². The van der Waals surface area contributed by atoms with Crippen LogP contribution in [0.15, 0.2) is 30.3 Å². The van der Waals surface area contributed by atoms with Crippen LogP contribution in [0.3, 0.4) is 0 Å². The van der Waals surface area contributed by atoms with E-state index in [2.05, 4.69) is 8.83 Å². The molecule has 0 aliphatic heterocycles. The number of phosphoric ester groups is 1. The van der Waals surface area contributed by atoms with Crippen molar-refractivity contribution in [3.8, 4) is 5.75 Å². The molecule has 1 atom stereocenters. The van der Waals surface area contributed by atoms with Gasteiger partial charge in [0.1, 0.15) is 5.75 Å². The maximum atomic E-state index is 11.8. The summed E-state index contributed by atoms with van der Waals surface area (Å²) in [5, 5.41) is 0. The van der Waals surface area contributed by atoms with E-state index in [4.69, 9.17) is 14.3 Å². The summed E-state index contributed by atoms with van der Waals surface area (Å²) in [5.74, 6) is 0.123. The second-order valence-corrected chi connectivity index (χ2v) is 5.81. The first kappa shape index (κ1) is 14.4. The largest absolute Gasteiger partial charge is 0.539 e. The molecule has 1 aromatic rings. The number of hydrogen-bond donors (Lipinski definition) is 2. The molecule has 0 bridgehead atoms. The fourth-order valence-corrected chi connectivity index (χ4v) is 3.08. The third kappa shape index (κ3) is 5.46. The zero-order valence-electron chi connectivity index (χ0n) is 8.92. The topological polar surface area (TPSA) is 102 Å². The highest BCUT2D eigenvalue weighted by atomic mass is 31.3. The molecule has 0 aromatic heterocycles. The smallest absolute Gasteiger partial charge is 0.404 e. The van der Waals surface area contributed by atoms with Gasteiger partial charge in [-0.3, -0.25) is 4.52 Å². The molecule has 0 aliphatic carbocycles. The van der Waals surface area contributed by atoms with Crippen LogP contribution in [-0.4, -0.2) is 16.4 Å². The molecule has 0 saturated heterocycles. The monoisotopic (exact) mass is 282 g/mol. The van der Waals surface area contributed by atoms with E-state index in [-0.39, 0.29) is 12.4 Å². The molecule has 0 aliphatic rings. The van der Waals surface area contributed by atoms with Gasteiger partial charge in [0.2, 0.25) is 0 Å². The average Bonchev–Trinajstić information content (AvgIpc) is 2.15. The van der Waals surface area contributed by atoms with Crippen molar-refractivity contribution in [2.24, 2.45) is 0 Å². The van der Waals surface area contributed by atoms with E-state index in [0.717, 1.165) is 0 Å². The lowest BCUT2D eigenvalue weighted by atomic mass is 10.3. The van der Waals surface area contributed by atoms with E-state index < -0.39 is 15.6 Å². The van der Waals surface area contributed by atoms with Gasteiger partial charge < -0.3 is 14.3 Å². The van der Waals surface area contributed by atoms with Crippen LogP contribution in [0.4, 0.5) is 0 Å². The maximum absolute atomic E-state index is 11.8. The molecule has 1 unspecified atom stereocenters. The fourth-order valence-electron chi connectivity index (χ4n) is 0.965. The maximum Gasteiger partial charge on any atom is 0.539 e. The first-order valence-electron chi connectivity index (χ1n) is 4.61. The molecule has 96 valence electrons. The van der Waals surface area contributed by atoms with E-state index in [1.54, 1.807) is 18.2 Å². The SMILES string of the molecule is CCOP(=O)(Oc1ccccc1)OP(=O)(O)O. The third-order valence-corrected chi connectivity index (χ3v) is 4.11. The van der Waals surface area contributed by atoms with E-state index in [0.29, 0.717) is 0 Å². The Balaban J connectivity index is 2.86. The first-order valence-corrected chi connectivity index (χ1v) is 7.60. The van der Waals surface area contributed by atoms with Crippen LogP contribution in [-0.2, 0) is 18.0 Å². The lowest BCUT2D eigenvalue weighted by Gasteiger charge is -2.17. The van der Waals surface area contributed by atoms with Gasteiger partial charge in [-0.05, 0) is 19.1 Å². The summed E-state index contributed by atoms with van der Waals surface area (Å²) in [5.41, 5.74) is 0. The Labute approximate surface area is 98.2 Å². The zero-order chi connectivity index (χ0) is 12.9. The molecule has 0 saturated carbocycles. The molecule has 1 aromatic carbocycles. The van der Waals surface area contributed by atoms with Gasteiger partial charge in [-0.2, -0.15) is 4.31 Å². The highest BCUT2D eigenvalue weighted by Crippen LogP contribution is 2.60. The van der Waals surface area contributed by atoms with E-state index >= 15 is 0 Å². The van der Waals surface area contributed by atoms with Crippen molar-refractivity contribution in [3.63, 3.8) is 0 Å². The van der Waals surface area contributed by atoms with Crippen molar-refractivity contribution < 1.29 is 32.3 Å². The molecular weight excluding hydrogens is 270 g/mol. The number of para-hydroxylation sites is 1. The zero-order valence-corrected chi connectivity index (χ0v) is 10.7. The lowest BCUT2D eigenvalue weighted by molar-refractivity contribution is 0.190. The summed E-state index contributed by atoms with van der Waals surface area (Å²) in [6, 6.07) is 7.80. The van der Waals surface area contributed by atoms with Crippen molar-refractivity contribution in [2.75, 3.05) is 6.61 Å². The molecule has 17 heavy (non-hydrogen) atoms. The van der Waals surface area contributed by atoms with Gasteiger partial charge in [0, 0.05) is 0 Å². The van der Waals surface area contributed by atoms with E-state index in [1.165, 1.54) is 19.1 Å². The number of benzene rings is 1. The summed E-state index contributed by atoms with van der Waals surface area (Å²) in [4.78, 5) is 17.2. The fraction of sp³-hybridized carbons (Fsp3) is 0.250. The third-order valence-electron chi connectivity index (χ3n) is 1.45. The summed E-state index contributed by atoms with van der Waals surface area (Å²) in [6.45, 7) is 1.41. The minimum atomic E-state index is -4.97. The highest BCUT2D eigenvalue weighted by molar-refractivity contribution is 7.61. The van der Waals surface area contributed by atoms with Crippen LogP contribution < -0.4 is 4.52 Å². The van der Waals surface area contributed by atoms with Gasteiger partial charge in [0.15, 0.2) is 0 Å². The number of hydrogen-bond acceptors (Lipinski definition) is 5. The van der Waals surface area contributed by atoms with Crippen molar-refractivity contribution in [2.45, 2.75) is 6.92 Å². The summed E-state index contributed by atoms with van der Waals surface area (Å²) >= 11 is 0. The Morgan fingerprint density at radius 1 is 1.18 bits per heavy atom. The Bertz CT molecular complexity index is 440. The Morgan fingerprint density at radius 3 is 2.24 bits per heavy atom. The van der Waals surface area contributed by atoms with Crippen molar-refractivity contribution in [1.29, 1.82) is 0 Å². The van der Waals surface area contributed by atoms with Gasteiger partial charge in [0.05, 0.1) is 6.61 Å². The van der Waals surface area contributed by atoms with Crippen molar-refractivity contribution >= 4 is 15.6 Å². The molecule has 1 rings (SSSR count). The normalized spacial score (nSPS) is 15.2. The van der Waals surface area contributed by atoms with E-state index in [1.807, 2.05) is 0 Å². The molecule has 0 fully saturated rings. The Kier molecular flexibility index (Phi) is 4.89. The average molecular weight is 282 g/mol. The van der Waals surface area contributed by atoms with Gasteiger partial charge >= 0.3 is 15.6 Å². The van der Waals surface area contributed by atoms with Crippen LogP contribution >= 0.6 is 15.6 Å². The summed E-state index contributed by atoms with van der Waals surface area (Å²) in [6.07, 6.45) is 0. The van der Waals surface area contributed by atoms with Gasteiger partial charge in [-0.25, -0.2) is 9.13 Å². The molecule has 2 N–H and O–H groups in total. The van der Waals surface area contributed by atoms with Crippen LogP contribution in [0.25, 0.3) is 0 Å². The highest BCUT2D eigenvalue weighted by Gasteiger charge is 2.37. The van der Waals surface area contributed by atoms with Crippen LogP contribution in [0, 0.1) is 0 Å². The second-order valence-electron chi connectivity index (χ2n) is 2.84. The second kappa shape index (κ2) is 5.78. The van der Waals surface area contributed by atoms with Gasteiger partial charge in [-0.15, -0.1) is 0 Å². The summed E-state index contributed by atoms with van der Waals surface area (Å²) < 4.78 is 36.0. The Morgan fingerprint density at radius 2 is 1.76 bits per heavy atom. The number of phosphoric acid groups is 2. The van der Waals surface area contributed by atoms with Crippen LogP contribution in [0.5, 0.6) is 5.75 Å². The first-order chi connectivity index (χ1) is 7.85. The number of rotatable bonds is 6. The van der Waals surface area contributed by atoms with E-state index in [9.17, 15) is 9.13 Å². The quantitative estimate of drug-likeness (QED) is 0.772. The molecule has 0 heterocycles. The standard InChI is InChI=1S/C8H12O7P2/c1-2-13-17(12,15-16(9,10)11)14-8-6-4-3-5-7-8/h3-7H,2H2,1H3,(H2,9,10,11). The molecule has 0 amide bonds. The predicted octanol–water partition coefficient (Wildman–Crippen LogP) is 2.32. The lowest BCUT2D eigenvalue weighted by Crippen LogP contribution is -2.01. The summed E-state index contributed by atoms with van der Waals surface area (Å²) in [7, 11) is -9.29. The van der Waals surface area contributed by atoms with Gasteiger partial charge in [-0.1, -0.05) is 18.2 Å². The van der Waals surface area contributed by atoms with Crippen molar-refractivity contribution in [1.82, 2.24) is 0 Å². The minimum Gasteiger partial charge on any atom is -0.404 e. The molecular formula is C8H12O7P2. The molecule has 7 nitrogen and oxygen atoms in total. The molecule has 0 radical (unpaired) electrons. The Hall–Kier alpha value is -0.680. The molecule has 9 heteroatoms. The minimum absolute atomic E-state index is 0.0793. The van der Waals surface area contributed by atoms with Crippen LogP contribution in [0.1, 0.15) is 6.92 Å².